The predicted octanol–water partition coefficient (Wildman–Crippen LogP) is -2.63. The number of hydrogen-bond donors (Lipinski definition) is 1. The molecule has 14 heteroatoms. The smallest absolute Gasteiger partial charge is 0.292 e. The van der Waals surface area contributed by atoms with Crippen molar-refractivity contribution in [3.05, 3.63) is 63.7 Å². The number of rotatable bonds is 6. The first-order chi connectivity index (χ1) is 12.5. The molecular weight excluding hydrogens is 388 g/mol. The molecule has 0 aliphatic rings. The number of sulfonamides is 1. The van der Waals surface area contributed by atoms with Gasteiger partial charge in [-0.15, -0.1) is 10.1 Å². The zero-order chi connectivity index (χ0) is 20.1. The first kappa shape index (κ1) is 18.4. The van der Waals surface area contributed by atoms with Crippen LogP contribution >= 0.6 is 0 Å². The van der Waals surface area contributed by atoms with Gasteiger partial charge in [-0.2, -0.15) is 0 Å². The van der Waals surface area contributed by atoms with Gasteiger partial charge in [0.25, 0.3) is 27.3 Å². The predicted molar refractivity (Wildman–Crippen MR) is 90.9 cm³/mol. The van der Waals surface area contributed by atoms with E-state index in [1.807, 2.05) is 0 Å². The number of nitrogens with zero attached hydrogens (tertiary/aromatic N) is 3. The van der Waals surface area contributed by atoms with Crippen molar-refractivity contribution in [3.63, 3.8) is 0 Å². The molecule has 13 nitrogen and oxygen atoms in total. The van der Waals surface area contributed by atoms with Crippen LogP contribution in [0.5, 0.6) is 0 Å². The molecule has 0 amide bonds. The number of aromatic nitrogens is 2. The number of nitrogens with two attached hydrogens (primary N) is 1. The van der Waals surface area contributed by atoms with Gasteiger partial charge in [-0.05, 0) is 12.1 Å². The van der Waals surface area contributed by atoms with Crippen LogP contribution in [0.15, 0.2) is 31.3 Å². The molecule has 142 valence electrons. The van der Waals surface area contributed by atoms with E-state index in [1.165, 1.54) is 0 Å². The summed E-state index contributed by atoms with van der Waals surface area (Å²) in [6.07, 6.45) is 0. The molecule has 27 heavy (non-hydrogen) atoms. The number of benzene rings is 1. The Hall–Kier alpha value is -3.39. The minimum absolute atomic E-state index is 0.189. The zero-order valence-electron chi connectivity index (χ0n) is 13.3. The van der Waals surface area contributed by atoms with Gasteiger partial charge in [0.05, 0.1) is 27.3 Å². The highest BCUT2D eigenvalue weighted by Gasteiger charge is 2.20. The van der Waals surface area contributed by atoms with Gasteiger partial charge in [0.2, 0.25) is 10.0 Å². The summed E-state index contributed by atoms with van der Waals surface area (Å²) in [6, 6.07) is 2.04. The summed E-state index contributed by atoms with van der Waals surface area (Å²) in [5.74, 6) is -0.651. The number of hydrogen-bond acceptors (Lipinski definition) is 9. The van der Waals surface area contributed by atoms with Gasteiger partial charge >= 0.3 is 0 Å². The van der Waals surface area contributed by atoms with Crippen LogP contribution in [-0.4, -0.2) is 28.4 Å². The molecule has 0 radical (unpaired) electrons. The van der Waals surface area contributed by atoms with Crippen LogP contribution in [0.25, 0.3) is 21.5 Å². The number of primary sulfonamides is 1. The molecule has 0 spiro atoms. The van der Waals surface area contributed by atoms with Gasteiger partial charge in [0, 0.05) is 6.54 Å². The second kappa shape index (κ2) is 6.10. The van der Waals surface area contributed by atoms with E-state index in [9.17, 15) is 37.7 Å². The van der Waals surface area contributed by atoms with Crippen molar-refractivity contribution < 1.29 is 18.3 Å². The average molecular weight is 398 g/mol. The second-order valence-electron chi connectivity index (χ2n) is 5.59. The van der Waals surface area contributed by atoms with Crippen LogP contribution in [0.4, 0.5) is 0 Å². The van der Waals surface area contributed by atoms with E-state index in [0.29, 0.717) is 9.13 Å². The number of fused-ring (bicyclic) bond motifs is 2. The standard InChI is InChI=1S/C13H10N4O9S/c14-27(24,25)2-1-15-10(18)6-3-8-9(4-7(6)11(15)19)13(21)16(12(8)20)5-26-17(22)23/h3-4H,1-2,5H2,(H2,14,24,25). The average Bonchev–Trinajstić information content (AvgIpc) is 2.94. The fraction of sp³-hybridized carbons (Fsp3) is 0.231. The van der Waals surface area contributed by atoms with Crippen molar-refractivity contribution in [1.82, 2.24) is 9.13 Å². The van der Waals surface area contributed by atoms with Crippen molar-refractivity contribution in [1.29, 1.82) is 0 Å². The lowest BCUT2D eigenvalue weighted by Crippen LogP contribution is -2.30. The van der Waals surface area contributed by atoms with Crippen LogP contribution in [0.1, 0.15) is 0 Å². The molecular formula is C13H10N4O9S. The first-order valence-corrected chi connectivity index (χ1v) is 8.91. The van der Waals surface area contributed by atoms with E-state index in [1.54, 1.807) is 0 Å². The minimum atomic E-state index is -3.92. The molecule has 0 unspecified atom stereocenters. The minimum Gasteiger partial charge on any atom is -0.292 e. The van der Waals surface area contributed by atoms with Crippen LogP contribution in [0.3, 0.4) is 0 Å². The molecule has 0 bridgehead atoms. The van der Waals surface area contributed by atoms with Gasteiger partial charge in [0.1, 0.15) is 0 Å². The Balaban J connectivity index is 2.23. The van der Waals surface area contributed by atoms with E-state index < -0.39 is 56.4 Å². The monoisotopic (exact) mass is 398 g/mol. The zero-order valence-corrected chi connectivity index (χ0v) is 14.1. The third-order valence-corrected chi connectivity index (χ3v) is 4.70. The third-order valence-electron chi connectivity index (χ3n) is 3.95. The van der Waals surface area contributed by atoms with E-state index >= 15 is 0 Å². The van der Waals surface area contributed by atoms with Gasteiger partial charge < -0.3 is 0 Å². The molecule has 0 saturated carbocycles. The van der Waals surface area contributed by atoms with Crippen molar-refractivity contribution in [2.75, 3.05) is 5.75 Å². The van der Waals surface area contributed by atoms with Gasteiger partial charge in [0.15, 0.2) is 6.73 Å². The molecule has 1 aromatic carbocycles. The normalized spacial score (nSPS) is 12.0. The van der Waals surface area contributed by atoms with Crippen molar-refractivity contribution in [3.8, 4) is 0 Å². The highest BCUT2D eigenvalue weighted by molar-refractivity contribution is 7.89. The highest BCUT2D eigenvalue weighted by atomic mass is 32.2. The molecule has 0 fully saturated rings. The Kier molecular flexibility index (Phi) is 4.16. The molecule has 2 heterocycles. The lowest BCUT2D eigenvalue weighted by atomic mass is 10.1. The third kappa shape index (κ3) is 3.11. The quantitative estimate of drug-likeness (QED) is 0.341. The first-order valence-electron chi connectivity index (χ1n) is 7.19. The fourth-order valence-corrected chi connectivity index (χ4v) is 3.15. The largest absolute Gasteiger partial charge is 0.296 e. The van der Waals surface area contributed by atoms with E-state index in [2.05, 4.69) is 4.84 Å². The molecule has 0 aliphatic carbocycles. The summed E-state index contributed by atoms with van der Waals surface area (Å²) in [4.78, 5) is 63.5. The highest BCUT2D eigenvalue weighted by Crippen LogP contribution is 2.14. The van der Waals surface area contributed by atoms with Crippen molar-refractivity contribution >= 4 is 31.6 Å². The van der Waals surface area contributed by atoms with E-state index in [-0.39, 0.29) is 21.5 Å². The van der Waals surface area contributed by atoms with Crippen LogP contribution < -0.4 is 27.4 Å². The maximum Gasteiger partial charge on any atom is 0.296 e. The summed E-state index contributed by atoms with van der Waals surface area (Å²) in [6.45, 7) is -1.42. The maximum atomic E-state index is 12.4. The van der Waals surface area contributed by atoms with Crippen LogP contribution in [0, 0.1) is 10.1 Å². The van der Waals surface area contributed by atoms with Gasteiger partial charge in [-0.1, -0.05) is 0 Å². The molecule has 2 N–H and O–H groups in total. The molecule has 2 aromatic heterocycles. The Morgan fingerprint density at radius 1 is 0.926 bits per heavy atom. The second-order valence-corrected chi connectivity index (χ2v) is 7.33. The summed E-state index contributed by atoms with van der Waals surface area (Å²) < 4.78 is 23.2. The van der Waals surface area contributed by atoms with Crippen LogP contribution in [-0.2, 0) is 28.1 Å². The topological polar surface area (TPSA) is 191 Å². The lowest BCUT2D eigenvalue weighted by Gasteiger charge is -1.97. The molecule has 0 saturated heterocycles. The molecule has 0 aliphatic heterocycles. The van der Waals surface area contributed by atoms with E-state index in [0.717, 1.165) is 12.1 Å². The maximum absolute atomic E-state index is 12.4. The Labute approximate surface area is 147 Å². The van der Waals surface area contributed by atoms with Gasteiger partial charge in [-0.25, -0.2) is 18.1 Å². The summed E-state index contributed by atoms with van der Waals surface area (Å²) in [7, 11) is -3.92. The molecule has 3 rings (SSSR count). The van der Waals surface area contributed by atoms with Crippen LogP contribution in [0.2, 0.25) is 0 Å². The van der Waals surface area contributed by atoms with Gasteiger partial charge in [-0.3, -0.25) is 28.6 Å². The summed E-state index contributed by atoms with van der Waals surface area (Å²) in [5.41, 5.74) is -3.55. The summed E-state index contributed by atoms with van der Waals surface area (Å²) >= 11 is 0. The summed E-state index contributed by atoms with van der Waals surface area (Å²) in [5, 5.41) is 13.1. The Bertz CT molecular complexity index is 1330. The lowest BCUT2D eigenvalue weighted by molar-refractivity contribution is -0.767. The molecule has 0 atom stereocenters. The Morgan fingerprint density at radius 2 is 1.33 bits per heavy atom. The SMILES string of the molecule is NS(=O)(=O)CCn1c(=O)c2cc3c(=O)n(CO[N+](=O)[O-])c(=O)c3cc2c1=O. The van der Waals surface area contributed by atoms with Crippen molar-refractivity contribution in [2.24, 2.45) is 5.14 Å². The molecule has 3 aromatic rings. The van der Waals surface area contributed by atoms with Crippen molar-refractivity contribution in [2.45, 2.75) is 13.3 Å². The fourth-order valence-electron chi connectivity index (χ4n) is 2.72. The Morgan fingerprint density at radius 3 is 1.70 bits per heavy atom. The van der Waals surface area contributed by atoms with E-state index in [4.69, 9.17) is 5.14 Å².